The van der Waals surface area contributed by atoms with E-state index in [9.17, 15) is 23.1 Å². The molecule has 0 bridgehead atoms. The molecule has 0 spiro atoms. The van der Waals surface area contributed by atoms with E-state index in [2.05, 4.69) is 15.9 Å². The van der Waals surface area contributed by atoms with Crippen molar-refractivity contribution in [3.05, 3.63) is 27.7 Å². The van der Waals surface area contributed by atoms with E-state index in [1.807, 2.05) is 0 Å². The van der Waals surface area contributed by atoms with Gasteiger partial charge in [0.2, 0.25) is 0 Å². The number of aromatic hydroxyl groups is 1. The number of hydrogen-bond acceptors (Lipinski definition) is 3. The third kappa shape index (κ3) is 2.70. The minimum absolute atomic E-state index is 0.0581. The monoisotopic (exact) mass is 313 g/mol. The summed E-state index contributed by atoms with van der Waals surface area (Å²) in [6, 6.07) is -0.496. The van der Waals surface area contributed by atoms with Gasteiger partial charge in [-0.15, -0.1) is 0 Å². The molecule has 4 N–H and O–H groups in total. The second-order valence-electron chi connectivity index (χ2n) is 3.18. The zero-order chi connectivity index (χ0) is 13.4. The molecule has 0 aromatic heterocycles. The van der Waals surface area contributed by atoms with Crippen molar-refractivity contribution in [2.24, 2.45) is 5.73 Å². The Hall–Kier alpha value is -1.28. The summed E-state index contributed by atoms with van der Waals surface area (Å²) in [5.41, 5.74) is 3.36. The molecule has 94 valence electrons. The highest BCUT2D eigenvalue weighted by molar-refractivity contribution is 9.10. The summed E-state index contributed by atoms with van der Waals surface area (Å²) in [5.74, 6) is -2.42. The Labute approximate surface area is 102 Å². The number of alkyl halides is 3. The van der Waals surface area contributed by atoms with E-state index in [0.29, 0.717) is 0 Å². The van der Waals surface area contributed by atoms with Gasteiger partial charge < -0.3 is 15.9 Å². The Morgan fingerprint density at radius 1 is 1.41 bits per heavy atom. The molecule has 0 saturated heterocycles. The molecular formula is C9H7BrF3NO3. The SMILES string of the molecule is N[C@H](c1c(C(=O)O)ccc(Br)c1O)C(F)(F)F. The van der Waals surface area contributed by atoms with E-state index >= 15 is 0 Å². The summed E-state index contributed by atoms with van der Waals surface area (Å²) in [5, 5.41) is 18.2. The largest absolute Gasteiger partial charge is 0.506 e. The molecule has 1 aromatic carbocycles. The van der Waals surface area contributed by atoms with Crippen molar-refractivity contribution < 1.29 is 28.2 Å². The number of carboxylic acids is 1. The molecule has 1 aromatic rings. The summed E-state index contributed by atoms with van der Waals surface area (Å²) >= 11 is 2.80. The number of carboxylic acid groups (broad SMARTS) is 1. The van der Waals surface area contributed by atoms with Crippen LogP contribution in [-0.2, 0) is 0 Å². The third-order valence-corrected chi connectivity index (χ3v) is 2.70. The maximum absolute atomic E-state index is 12.4. The van der Waals surface area contributed by atoms with Crippen LogP contribution >= 0.6 is 15.9 Å². The zero-order valence-corrected chi connectivity index (χ0v) is 9.71. The van der Waals surface area contributed by atoms with Crippen molar-refractivity contribution in [2.75, 3.05) is 0 Å². The number of carbonyl (C=O) groups is 1. The average molecular weight is 314 g/mol. The molecule has 17 heavy (non-hydrogen) atoms. The highest BCUT2D eigenvalue weighted by Crippen LogP contribution is 2.40. The van der Waals surface area contributed by atoms with Crippen molar-refractivity contribution in [1.29, 1.82) is 0 Å². The van der Waals surface area contributed by atoms with Gasteiger partial charge in [0.1, 0.15) is 11.8 Å². The summed E-state index contributed by atoms with van der Waals surface area (Å²) in [6.45, 7) is 0. The van der Waals surface area contributed by atoms with Crippen LogP contribution in [0.5, 0.6) is 5.75 Å². The number of phenols is 1. The second-order valence-corrected chi connectivity index (χ2v) is 4.04. The highest BCUT2D eigenvalue weighted by atomic mass is 79.9. The second kappa shape index (κ2) is 4.53. The number of phenolic OH excluding ortho intramolecular Hbond substituents is 1. The molecule has 0 aliphatic heterocycles. The van der Waals surface area contributed by atoms with Crippen LogP contribution in [0.25, 0.3) is 0 Å². The Kier molecular flexibility index (Phi) is 3.68. The molecular weight excluding hydrogens is 307 g/mol. The molecule has 0 aliphatic rings. The van der Waals surface area contributed by atoms with Crippen molar-refractivity contribution in [3.63, 3.8) is 0 Å². The number of benzene rings is 1. The van der Waals surface area contributed by atoms with Crippen LogP contribution in [0.1, 0.15) is 22.0 Å². The summed E-state index contributed by atoms with van der Waals surface area (Å²) < 4.78 is 37.3. The lowest BCUT2D eigenvalue weighted by molar-refractivity contribution is -0.149. The fourth-order valence-corrected chi connectivity index (χ4v) is 1.59. The predicted molar refractivity (Wildman–Crippen MR) is 55.7 cm³/mol. The molecule has 0 fully saturated rings. The topological polar surface area (TPSA) is 83.6 Å². The average Bonchev–Trinajstić information content (AvgIpc) is 2.19. The van der Waals surface area contributed by atoms with Crippen molar-refractivity contribution in [1.82, 2.24) is 0 Å². The standard InChI is InChI=1S/C9H7BrF3NO3/c10-4-2-1-3(8(16)17)5(6(4)15)7(14)9(11,12)13/h1-2,7,15H,14H2,(H,16,17)/t7-/m1/s1. The van der Waals surface area contributed by atoms with E-state index in [-0.39, 0.29) is 4.47 Å². The van der Waals surface area contributed by atoms with E-state index in [1.165, 1.54) is 0 Å². The first-order valence-electron chi connectivity index (χ1n) is 4.23. The molecule has 8 heteroatoms. The van der Waals surface area contributed by atoms with E-state index in [1.54, 1.807) is 0 Å². The van der Waals surface area contributed by atoms with E-state index < -0.39 is 35.1 Å². The minimum Gasteiger partial charge on any atom is -0.506 e. The van der Waals surface area contributed by atoms with Crippen LogP contribution in [-0.4, -0.2) is 22.4 Å². The Balaban J connectivity index is 3.49. The molecule has 0 aliphatic carbocycles. The van der Waals surface area contributed by atoms with Crippen LogP contribution in [0, 0.1) is 0 Å². The van der Waals surface area contributed by atoms with Gasteiger partial charge in [-0.2, -0.15) is 13.2 Å². The van der Waals surface area contributed by atoms with Gasteiger partial charge in [-0.25, -0.2) is 4.79 Å². The van der Waals surface area contributed by atoms with Gasteiger partial charge in [-0.3, -0.25) is 0 Å². The normalized spacial score (nSPS) is 13.5. The Morgan fingerprint density at radius 3 is 2.35 bits per heavy atom. The summed E-state index contributed by atoms with van der Waals surface area (Å²) in [6.07, 6.45) is -4.84. The number of rotatable bonds is 2. The van der Waals surface area contributed by atoms with Crippen molar-refractivity contribution in [2.45, 2.75) is 12.2 Å². The quantitative estimate of drug-likeness (QED) is 0.783. The fraction of sp³-hybridized carbons (Fsp3) is 0.222. The lowest BCUT2D eigenvalue weighted by Crippen LogP contribution is -2.30. The van der Waals surface area contributed by atoms with Crippen LogP contribution < -0.4 is 5.73 Å². The first kappa shape index (κ1) is 13.8. The van der Waals surface area contributed by atoms with Gasteiger partial charge in [-0.1, -0.05) is 0 Å². The maximum atomic E-state index is 12.4. The lowest BCUT2D eigenvalue weighted by Gasteiger charge is -2.19. The molecule has 1 atom stereocenters. The molecule has 0 heterocycles. The van der Waals surface area contributed by atoms with Gasteiger partial charge in [-0.05, 0) is 28.1 Å². The molecule has 0 radical (unpaired) electrons. The minimum atomic E-state index is -4.84. The van der Waals surface area contributed by atoms with Gasteiger partial charge in [0.05, 0.1) is 10.0 Å². The smallest absolute Gasteiger partial charge is 0.407 e. The maximum Gasteiger partial charge on any atom is 0.407 e. The number of hydrogen-bond donors (Lipinski definition) is 3. The zero-order valence-electron chi connectivity index (χ0n) is 8.12. The first-order chi connectivity index (χ1) is 7.66. The number of halogens is 4. The van der Waals surface area contributed by atoms with Gasteiger partial charge >= 0.3 is 12.1 Å². The van der Waals surface area contributed by atoms with Gasteiger partial charge in [0.15, 0.2) is 0 Å². The molecule has 4 nitrogen and oxygen atoms in total. The predicted octanol–water partition coefficient (Wildman–Crippen LogP) is 2.42. The van der Waals surface area contributed by atoms with Gasteiger partial charge in [0, 0.05) is 5.56 Å². The van der Waals surface area contributed by atoms with Crippen LogP contribution in [0.2, 0.25) is 0 Å². The lowest BCUT2D eigenvalue weighted by atomic mass is 9.99. The first-order valence-corrected chi connectivity index (χ1v) is 5.02. The Bertz CT molecular complexity index is 462. The van der Waals surface area contributed by atoms with Crippen molar-refractivity contribution in [3.8, 4) is 5.75 Å². The van der Waals surface area contributed by atoms with Crippen molar-refractivity contribution >= 4 is 21.9 Å². The van der Waals surface area contributed by atoms with Crippen LogP contribution in [0.4, 0.5) is 13.2 Å². The summed E-state index contributed by atoms with van der Waals surface area (Å²) in [4.78, 5) is 10.8. The molecule has 0 saturated carbocycles. The highest BCUT2D eigenvalue weighted by Gasteiger charge is 2.41. The van der Waals surface area contributed by atoms with Gasteiger partial charge in [0.25, 0.3) is 0 Å². The van der Waals surface area contributed by atoms with E-state index in [4.69, 9.17) is 10.8 Å². The van der Waals surface area contributed by atoms with Crippen LogP contribution in [0.3, 0.4) is 0 Å². The molecule has 1 rings (SSSR count). The fourth-order valence-electron chi connectivity index (χ4n) is 1.25. The Morgan fingerprint density at radius 2 is 1.94 bits per heavy atom. The number of aromatic carboxylic acids is 1. The third-order valence-electron chi connectivity index (χ3n) is 2.06. The number of nitrogens with two attached hydrogens (primary N) is 1. The van der Waals surface area contributed by atoms with E-state index in [0.717, 1.165) is 12.1 Å². The summed E-state index contributed by atoms with van der Waals surface area (Å²) in [7, 11) is 0. The molecule has 0 unspecified atom stereocenters. The molecule has 0 amide bonds. The van der Waals surface area contributed by atoms with Crippen LogP contribution in [0.15, 0.2) is 16.6 Å².